The van der Waals surface area contributed by atoms with E-state index in [0.29, 0.717) is 24.8 Å². The molecule has 2 saturated heterocycles. The Morgan fingerprint density at radius 3 is 2.68 bits per heavy atom. The zero-order chi connectivity index (χ0) is 20.9. The average Bonchev–Trinajstić information content (AvgIpc) is 3.28. The lowest BCUT2D eigenvalue weighted by atomic mass is 10.0. The van der Waals surface area contributed by atoms with Gasteiger partial charge < -0.3 is 24.7 Å². The molecule has 0 spiro atoms. The Hall–Kier alpha value is -2.91. The third kappa shape index (κ3) is 4.72. The summed E-state index contributed by atoms with van der Waals surface area (Å²) in [5.41, 5.74) is 1.53. The lowest BCUT2D eigenvalue weighted by Gasteiger charge is -2.40. The van der Waals surface area contributed by atoms with Gasteiger partial charge in [0.1, 0.15) is 24.2 Å². The molecular formula is C22H29N7O2. The average molecular weight is 424 g/mol. The molecule has 2 N–H and O–H groups in total. The molecule has 31 heavy (non-hydrogen) atoms. The first kappa shape index (κ1) is 20.0. The fourth-order valence-corrected chi connectivity index (χ4v) is 4.34. The molecule has 3 aromatic rings. The van der Waals surface area contributed by atoms with Crippen molar-refractivity contribution in [3.05, 3.63) is 36.7 Å². The summed E-state index contributed by atoms with van der Waals surface area (Å²) in [6.07, 6.45) is 3.84. The van der Waals surface area contributed by atoms with Crippen molar-refractivity contribution < 1.29 is 9.47 Å². The van der Waals surface area contributed by atoms with E-state index in [4.69, 9.17) is 14.5 Å². The second-order valence-electron chi connectivity index (χ2n) is 7.94. The van der Waals surface area contributed by atoms with Gasteiger partial charge in [0.05, 0.1) is 19.8 Å². The highest BCUT2D eigenvalue weighted by Crippen LogP contribution is 2.25. The van der Waals surface area contributed by atoms with E-state index in [0.717, 1.165) is 75.3 Å². The monoisotopic (exact) mass is 423 g/mol. The summed E-state index contributed by atoms with van der Waals surface area (Å²) in [5.74, 6) is 2.49. The summed E-state index contributed by atoms with van der Waals surface area (Å²) in [4.78, 5) is 21.8. The smallest absolute Gasteiger partial charge is 0.205 e. The van der Waals surface area contributed by atoms with Gasteiger partial charge in [-0.15, -0.1) is 0 Å². The Morgan fingerprint density at radius 1 is 1.06 bits per heavy atom. The molecule has 4 heterocycles. The summed E-state index contributed by atoms with van der Waals surface area (Å²) >= 11 is 0. The van der Waals surface area contributed by atoms with E-state index in [-0.39, 0.29) is 0 Å². The standard InChI is InChI=1S/C22H29N7O2/c1-2-4-18(5-3-1)31-13-8-23-20-19-21(25-16-24-20)27-22(26-19)29-9-6-17(7-10-29)28-11-14-30-15-12-28/h1-5,16-17H,6-15H2,(H2,23,24,25,26,27). The van der Waals surface area contributed by atoms with Gasteiger partial charge in [-0.05, 0) is 25.0 Å². The van der Waals surface area contributed by atoms with Crippen molar-refractivity contribution in [2.24, 2.45) is 0 Å². The molecule has 0 saturated carbocycles. The van der Waals surface area contributed by atoms with E-state index >= 15 is 0 Å². The molecule has 1 aromatic carbocycles. The quantitative estimate of drug-likeness (QED) is 0.559. The number of para-hydroxylation sites is 1. The molecule has 2 fully saturated rings. The van der Waals surface area contributed by atoms with Gasteiger partial charge >= 0.3 is 0 Å². The maximum absolute atomic E-state index is 5.75. The normalized spacial score (nSPS) is 18.4. The Balaban J connectivity index is 1.18. The number of hydrogen-bond donors (Lipinski definition) is 2. The molecule has 9 nitrogen and oxygen atoms in total. The van der Waals surface area contributed by atoms with E-state index < -0.39 is 0 Å². The number of hydrogen-bond acceptors (Lipinski definition) is 8. The molecule has 2 aromatic heterocycles. The number of benzene rings is 1. The number of nitrogens with zero attached hydrogens (tertiary/aromatic N) is 5. The summed E-state index contributed by atoms with van der Waals surface area (Å²) in [7, 11) is 0. The molecule has 2 aliphatic heterocycles. The van der Waals surface area contributed by atoms with Crippen LogP contribution in [-0.2, 0) is 4.74 Å². The van der Waals surface area contributed by atoms with Crippen molar-refractivity contribution in [3.8, 4) is 5.75 Å². The number of H-pyrrole nitrogens is 1. The molecule has 2 aliphatic rings. The van der Waals surface area contributed by atoms with Crippen molar-refractivity contribution in [1.29, 1.82) is 0 Å². The Morgan fingerprint density at radius 2 is 1.87 bits per heavy atom. The molecule has 0 bridgehead atoms. The van der Waals surface area contributed by atoms with E-state index in [2.05, 4.69) is 30.1 Å². The van der Waals surface area contributed by atoms with Gasteiger partial charge in [-0.3, -0.25) is 4.90 Å². The van der Waals surface area contributed by atoms with Crippen LogP contribution in [0, 0.1) is 0 Å². The van der Waals surface area contributed by atoms with Crippen LogP contribution >= 0.6 is 0 Å². The van der Waals surface area contributed by atoms with Crippen LogP contribution in [0.1, 0.15) is 12.8 Å². The van der Waals surface area contributed by atoms with E-state index in [1.807, 2.05) is 30.3 Å². The lowest BCUT2D eigenvalue weighted by Crippen LogP contribution is -2.49. The van der Waals surface area contributed by atoms with Gasteiger partial charge in [0.25, 0.3) is 0 Å². The number of ether oxygens (including phenoxy) is 2. The van der Waals surface area contributed by atoms with Crippen molar-refractivity contribution >= 4 is 22.9 Å². The zero-order valence-corrected chi connectivity index (χ0v) is 17.7. The number of imidazole rings is 1. The van der Waals surface area contributed by atoms with Gasteiger partial charge in [-0.2, -0.15) is 4.98 Å². The van der Waals surface area contributed by atoms with Gasteiger partial charge in [0.2, 0.25) is 5.95 Å². The zero-order valence-electron chi connectivity index (χ0n) is 17.7. The minimum atomic E-state index is 0.547. The predicted octanol–water partition coefficient (Wildman–Crippen LogP) is 2.14. The maximum Gasteiger partial charge on any atom is 0.205 e. The first-order valence-corrected chi connectivity index (χ1v) is 11.1. The van der Waals surface area contributed by atoms with Gasteiger partial charge in [0.15, 0.2) is 11.5 Å². The predicted molar refractivity (Wildman–Crippen MR) is 120 cm³/mol. The first-order chi connectivity index (χ1) is 15.4. The minimum absolute atomic E-state index is 0.547. The molecule has 0 unspecified atom stereocenters. The molecule has 0 atom stereocenters. The number of morpholine rings is 1. The summed E-state index contributed by atoms with van der Waals surface area (Å²) in [5, 5.41) is 3.34. The van der Waals surface area contributed by atoms with Crippen LogP contribution in [0.15, 0.2) is 36.7 Å². The second kappa shape index (κ2) is 9.49. The first-order valence-electron chi connectivity index (χ1n) is 11.1. The van der Waals surface area contributed by atoms with Gasteiger partial charge in [0, 0.05) is 32.2 Å². The largest absolute Gasteiger partial charge is 0.492 e. The van der Waals surface area contributed by atoms with Crippen LogP contribution in [0.4, 0.5) is 11.8 Å². The highest BCUT2D eigenvalue weighted by Gasteiger charge is 2.27. The molecule has 9 heteroatoms. The minimum Gasteiger partial charge on any atom is -0.492 e. The number of piperidine rings is 1. The SMILES string of the molecule is c1ccc(OCCNc2ncnc3nc(N4CCC(N5CCOCC5)CC4)[nH]c23)cc1. The van der Waals surface area contributed by atoms with Crippen LogP contribution in [-0.4, -0.2) is 83.4 Å². The number of fused-ring (bicyclic) bond motifs is 1. The summed E-state index contributed by atoms with van der Waals surface area (Å²) in [6.45, 7) is 6.98. The fraction of sp³-hybridized carbons (Fsp3) is 0.500. The van der Waals surface area contributed by atoms with Crippen LogP contribution in [0.5, 0.6) is 5.75 Å². The molecule has 0 amide bonds. The fourth-order valence-electron chi connectivity index (χ4n) is 4.34. The van der Waals surface area contributed by atoms with Gasteiger partial charge in [-0.1, -0.05) is 18.2 Å². The summed E-state index contributed by atoms with van der Waals surface area (Å²) in [6, 6.07) is 10.5. The summed E-state index contributed by atoms with van der Waals surface area (Å²) < 4.78 is 11.2. The number of rotatable bonds is 7. The number of aromatic nitrogens is 4. The van der Waals surface area contributed by atoms with Crippen LogP contribution in [0.25, 0.3) is 11.2 Å². The third-order valence-electron chi connectivity index (χ3n) is 6.01. The van der Waals surface area contributed by atoms with E-state index in [1.165, 1.54) is 0 Å². The molecule has 5 rings (SSSR count). The second-order valence-corrected chi connectivity index (χ2v) is 7.94. The molecule has 0 radical (unpaired) electrons. The Labute approximate surface area is 181 Å². The Kier molecular flexibility index (Phi) is 6.13. The van der Waals surface area contributed by atoms with E-state index in [1.54, 1.807) is 6.33 Å². The van der Waals surface area contributed by atoms with Crippen LogP contribution in [0.2, 0.25) is 0 Å². The van der Waals surface area contributed by atoms with Gasteiger partial charge in [-0.25, -0.2) is 9.97 Å². The molecule has 164 valence electrons. The van der Waals surface area contributed by atoms with Crippen molar-refractivity contribution in [2.45, 2.75) is 18.9 Å². The van der Waals surface area contributed by atoms with Crippen molar-refractivity contribution in [1.82, 2.24) is 24.8 Å². The van der Waals surface area contributed by atoms with Crippen LogP contribution < -0.4 is 15.0 Å². The number of anilines is 2. The molecular weight excluding hydrogens is 394 g/mol. The third-order valence-corrected chi connectivity index (χ3v) is 6.01. The van der Waals surface area contributed by atoms with Crippen molar-refractivity contribution in [2.75, 3.05) is 62.8 Å². The Bertz CT molecular complexity index is 966. The number of aromatic amines is 1. The topological polar surface area (TPSA) is 91.4 Å². The maximum atomic E-state index is 5.75. The number of nitrogens with one attached hydrogen (secondary N) is 2. The van der Waals surface area contributed by atoms with E-state index in [9.17, 15) is 0 Å². The van der Waals surface area contributed by atoms with Crippen LogP contribution in [0.3, 0.4) is 0 Å². The van der Waals surface area contributed by atoms with Crippen molar-refractivity contribution in [3.63, 3.8) is 0 Å². The molecule has 0 aliphatic carbocycles. The highest BCUT2D eigenvalue weighted by atomic mass is 16.5. The highest BCUT2D eigenvalue weighted by molar-refractivity contribution is 5.84. The lowest BCUT2D eigenvalue weighted by molar-refractivity contribution is 0.0114.